The largest absolute Gasteiger partial charge is 0.481 e. The predicted molar refractivity (Wildman–Crippen MR) is 175 cm³/mol. The Morgan fingerprint density at radius 2 is 1.34 bits per heavy atom. The molecule has 4 aromatic rings. The first-order valence-corrected chi connectivity index (χ1v) is 16.0. The van der Waals surface area contributed by atoms with Gasteiger partial charge in [-0.1, -0.05) is 48.6 Å². The summed E-state index contributed by atoms with van der Waals surface area (Å²) in [6, 6.07) is 11.4. The zero-order valence-corrected chi connectivity index (χ0v) is 25.8. The number of rotatable bonds is 9. The quantitative estimate of drug-likeness (QED) is 0.154. The fraction of sp³-hybridized carbons (Fsp3) is 0.343. The van der Waals surface area contributed by atoms with Gasteiger partial charge in [0.1, 0.15) is 24.2 Å². The van der Waals surface area contributed by atoms with Crippen LogP contribution in [0.25, 0.3) is 21.8 Å². The number of hydrogen-bond donors (Lipinski definition) is 6. The highest BCUT2D eigenvalue weighted by atomic mass is 16.4. The number of para-hydroxylation sites is 2. The molecule has 2 aliphatic rings. The van der Waals surface area contributed by atoms with E-state index in [2.05, 4.69) is 25.9 Å². The normalized spacial score (nSPS) is 22.5. The summed E-state index contributed by atoms with van der Waals surface area (Å²) in [6.07, 6.45) is 8.56. The van der Waals surface area contributed by atoms with Crippen LogP contribution in [0.4, 0.5) is 0 Å². The van der Waals surface area contributed by atoms with Crippen molar-refractivity contribution in [2.24, 2.45) is 0 Å². The molecular weight excluding hydrogens is 600 g/mol. The molecular formula is C35H38N6O6. The van der Waals surface area contributed by atoms with E-state index in [1.54, 1.807) is 18.3 Å². The molecule has 2 saturated heterocycles. The van der Waals surface area contributed by atoms with E-state index in [9.17, 15) is 24.0 Å². The van der Waals surface area contributed by atoms with Crippen LogP contribution in [0.1, 0.15) is 43.2 Å². The van der Waals surface area contributed by atoms with Crippen LogP contribution in [-0.2, 0) is 36.8 Å². The molecule has 0 unspecified atom stereocenters. The number of carboxylic acids is 1. The number of benzene rings is 2. The third kappa shape index (κ3) is 7.06. The molecule has 2 aromatic carbocycles. The molecule has 12 heteroatoms. The van der Waals surface area contributed by atoms with Crippen molar-refractivity contribution in [2.75, 3.05) is 6.54 Å². The van der Waals surface area contributed by atoms with Crippen molar-refractivity contribution in [1.82, 2.24) is 30.8 Å². The molecule has 4 heterocycles. The monoisotopic (exact) mass is 638 g/mol. The van der Waals surface area contributed by atoms with E-state index in [1.165, 1.54) is 4.90 Å². The number of carboxylic acid groups (broad SMARTS) is 1. The van der Waals surface area contributed by atoms with Crippen molar-refractivity contribution in [3.63, 3.8) is 0 Å². The summed E-state index contributed by atoms with van der Waals surface area (Å²) in [5, 5.41) is 19.5. The number of nitrogens with one attached hydrogen (secondary N) is 5. The number of allylic oxidation sites excluding steroid dienone is 1. The lowest BCUT2D eigenvalue weighted by Gasteiger charge is -2.32. The Morgan fingerprint density at radius 3 is 2.00 bits per heavy atom. The van der Waals surface area contributed by atoms with Gasteiger partial charge in [-0.2, -0.15) is 0 Å². The zero-order chi connectivity index (χ0) is 32.9. The van der Waals surface area contributed by atoms with Crippen LogP contribution >= 0.6 is 0 Å². The van der Waals surface area contributed by atoms with Gasteiger partial charge in [-0.3, -0.25) is 24.0 Å². The van der Waals surface area contributed by atoms with Gasteiger partial charge >= 0.3 is 5.97 Å². The van der Waals surface area contributed by atoms with Gasteiger partial charge in [0.15, 0.2) is 0 Å². The lowest BCUT2D eigenvalue weighted by molar-refractivity contribution is -0.143. The minimum Gasteiger partial charge on any atom is -0.481 e. The summed E-state index contributed by atoms with van der Waals surface area (Å²) >= 11 is 0. The molecule has 0 aliphatic carbocycles. The number of nitrogens with zero attached hydrogens (tertiary/aromatic N) is 1. The SMILES string of the molecule is O=C(O)CC/C=C\C[C@@H]1NC(=O)[C@H](Cc2c[nH]c3ccccc23)NC(=O)[C@H]2CCCN2C(=O)[C@H](Cc2c[nH]c3ccccc23)NC1=O. The number of H-pyrrole nitrogens is 2. The maximum atomic E-state index is 14.2. The number of fused-ring (bicyclic) bond motifs is 3. The minimum atomic E-state index is -1.09. The Kier molecular flexibility index (Phi) is 9.37. The van der Waals surface area contributed by atoms with Crippen molar-refractivity contribution in [3.05, 3.63) is 84.2 Å². The summed E-state index contributed by atoms with van der Waals surface area (Å²) in [6.45, 7) is 0.353. The van der Waals surface area contributed by atoms with Crippen LogP contribution in [0.15, 0.2) is 73.1 Å². The van der Waals surface area contributed by atoms with Gasteiger partial charge in [-0.25, -0.2) is 0 Å². The molecule has 6 N–H and O–H groups in total. The van der Waals surface area contributed by atoms with Crippen molar-refractivity contribution in [1.29, 1.82) is 0 Å². The van der Waals surface area contributed by atoms with Crippen LogP contribution < -0.4 is 16.0 Å². The Balaban J connectivity index is 1.32. The van der Waals surface area contributed by atoms with E-state index in [0.717, 1.165) is 32.9 Å². The van der Waals surface area contributed by atoms with Crippen LogP contribution in [0.5, 0.6) is 0 Å². The van der Waals surface area contributed by atoms with Crippen molar-refractivity contribution >= 4 is 51.4 Å². The molecule has 6 rings (SSSR count). The summed E-state index contributed by atoms with van der Waals surface area (Å²) in [5.74, 6) is -2.81. The fourth-order valence-electron chi connectivity index (χ4n) is 6.55. The molecule has 4 atom stereocenters. The van der Waals surface area contributed by atoms with E-state index < -0.39 is 47.9 Å². The summed E-state index contributed by atoms with van der Waals surface area (Å²) in [5.41, 5.74) is 3.44. The fourth-order valence-corrected chi connectivity index (χ4v) is 6.55. The molecule has 244 valence electrons. The highest BCUT2D eigenvalue weighted by molar-refractivity contribution is 5.98. The summed E-state index contributed by atoms with van der Waals surface area (Å²) < 4.78 is 0. The maximum absolute atomic E-state index is 14.2. The second kappa shape index (κ2) is 13.9. The standard InChI is InChI=1S/C35H38N6O6/c42-31(43)15-3-1-2-13-27-32(44)40-29(18-22-20-37-26-12-7-5-10-24(22)26)35(47)41-16-8-14-30(41)34(46)39-28(33(45)38-27)17-21-19-36-25-11-6-4-9-23(21)25/h1-2,4-7,9-12,19-20,27-30,36-37H,3,8,13-18H2,(H,38,45)(H,39,46)(H,40,44)(H,42,43)/b2-1-/t27-,28-,29-,30+/m0/s1. The third-order valence-corrected chi connectivity index (χ3v) is 8.98. The second-order valence-corrected chi connectivity index (χ2v) is 12.1. The number of aromatic nitrogens is 2. The van der Waals surface area contributed by atoms with Crippen LogP contribution in [0.3, 0.4) is 0 Å². The first-order valence-electron chi connectivity index (χ1n) is 16.0. The van der Waals surface area contributed by atoms with Gasteiger partial charge < -0.3 is 35.9 Å². The second-order valence-electron chi connectivity index (χ2n) is 12.1. The highest BCUT2D eigenvalue weighted by Gasteiger charge is 2.41. The van der Waals surface area contributed by atoms with Crippen molar-refractivity contribution in [2.45, 2.75) is 69.1 Å². The number of carbonyl (C=O) groups excluding carboxylic acids is 4. The van der Waals surface area contributed by atoms with Gasteiger partial charge in [0, 0.05) is 60.0 Å². The molecule has 47 heavy (non-hydrogen) atoms. The van der Waals surface area contributed by atoms with Gasteiger partial charge in [0.25, 0.3) is 0 Å². The Labute approximate surface area is 271 Å². The summed E-state index contributed by atoms with van der Waals surface area (Å²) in [7, 11) is 0. The average Bonchev–Trinajstić information content (AvgIpc) is 3.82. The van der Waals surface area contributed by atoms with Gasteiger partial charge in [0.2, 0.25) is 23.6 Å². The zero-order valence-electron chi connectivity index (χ0n) is 25.8. The van der Waals surface area contributed by atoms with Crippen LogP contribution in [-0.4, -0.2) is 80.3 Å². The minimum absolute atomic E-state index is 0.0608. The van der Waals surface area contributed by atoms with Gasteiger partial charge in [0.05, 0.1) is 0 Å². The number of hydrogen-bond acceptors (Lipinski definition) is 5. The first kappa shape index (κ1) is 31.6. The van der Waals surface area contributed by atoms with E-state index in [0.29, 0.717) is 19.4 Å². The van der Waals surface area contributed by atoms with Crippen molar-refractivity contribution in [3.8, 4) is 0 Å². The molecule has 0 radical (unpaired) electrons. The number of aliphatic carboxylic acids is 1. The van der Waals surface area contributed by atoms with Crippen LogP contribution in [0.2, 0.25) is 0 Å². The van der Waals surface area contributed by atoms with Gasteiger partial charge in [-0.15, -0.1) is 0 Å². The van der Waals surface area contributed by atoms with Crippen molar-refractivity contribution < 1.29 is 29.1 Å². The van der Waals surface area contributed by atoms with E-state index >= 15 is 0 Å². The Bertz CT molecular complexity index is 1840. The number of aromatic amines is 2. The summed E-state index contributed by atoms with van der Waals surface area (Å²) in [4.78, 5) is 74.7. The van der Waals surface area contributed by atoms with E-state index in [-0.39, 0.29) is 38.0 Å². The lowest BCUT2D eigenvalue weighted by Crippen LogP contribution is -2.61. The highest BCUT2D eigenvalue weighted by Crippen LogP contribution is 2.24. The predicted octanol–water partition coefficient (Wildman–Crippen LogP) is 2.70. The first-order chi connectivity index (χ1) is 22.8. The smallest absolute Gasteiger partial charge is 0.303 e. The Morgan fingerprint density at radius 1 is 0.766 bits per heavy atom. The molecule has 12 nitrogen and oxygen atoms in total. The van der Waals surface area contributed by atoms with E-state index in [1.807, 2.05) is 54.7 Å². The molecule has 2 aliphatic heterocycles. The number of amides is 4. The molecule has 4 amide bonds. The van der Waals surface area contributed by atoms with E-state index in [4.69, 9.17) is 5.11 Å². The molecule has 0 saturated carbocycles. The van der Waals surface area contributed by atoms with Crippen LogP contribution in [0, 0.1) is 0 Å². The van der Waals surface area contributed by atoms with Gasteiger partial charge in [-0.05, 0) is 48.9 Å². The molecule has 2 aromatic heterocycles. The molecule has 2 fully saturated rings. The molecule has 0 bridgehead atoms. The topological polar surface area (TPSA) is 176 Å². The third-order valence-electron chi connectivity index (χ3n) is 8.98. The maximum Gasteiger partial charge on any atom is 0.303 e. The Hall–Kier alpha value is -5.39. The lowest BCUT2D eigenvalue weighted by atomic mass is 10.0. The average molecular weight is 639 g/mol. The molecule has 0 spiro atoms. The number of carbonyl (C=O) groups is 5.